The van der Waals surface area contributed by atoms with Crippen LogP contribution < -0.4 is 20.3 Å². The van der Waals surface area contributed by atoms with Crippen LogP contribution in [0.25, 0.3) is 0 Å². The molecule has 0 saturated carbocycles. The van der Waals surface area contributed by atoms with E-state index in [2.05, 4.69) is 20.6 Å². The molecule has 0 aliphatic heterocycles. The highest BCUT2D eigenvalue weighted by atomic mass is 19.1. The van der Waals surface area contributed by atoms with Gasteiger partial charge in [0.25, 0.3) is 0 Å². The van der Waals surface area contributed by atoms with Crippen LogP contribution in [0.5, 0.6) is 5.75 Å². The number of benzene rings is 2. The van der Waals surface area contributed by atoms with Gasteiger partial charge in [-0.15, -0.1) is 0 Å². The van der Waals surface area contributed by atoms with Gasteiger partial charge in [-0.1, -0.05) is 0 Å². The maximum Gasteiger partial charge on any atom is 0.327 e. The van der Waals surface area contributed by atoms with Gasteiger partial charge >= 0.3 is 6.03 Å². The number of hydrogen-bond acceptors (Lipinski definition) is 5. The third-order valence-electron chi connectivity index (χ3n) is 3.76. The van der Waals surface area contributed by atoms with Crippen LogP contribution in [0.15, 0.2) is 60.9 Å². The molecule has 0 radical (unpaired) electrons. The minimum absolute atomic E-state index is 0.320. The Balaban J connectivity index is 1.69. The summed E-state index contributed by atoms with van der Waals surface area (Å²) in [4.78, 5) is 22.0. The average molecular weight is 367 g/mol. The normalized spacial score (nSPS) is 10.2. The van der Waals surface area contributed by atoms with Crippen LogP contribution in [0.2, 0.25) is 0 Å². The Bertz CT molecular complexity index is 916. The molecular formula is C19H18FN5O2. The lowest BCUT2D eigenvalue weighted by molar-refractivity contribution is 0.258. The lowest BCUT2D eigenvalue weighted by atomic mass is 10.3. The molecule has 138 valence electrons. The molecule has 0 spiro atoms. The lowest BCUT2D eigenvalue weighted by Crippen LogP contribution is -2.31. The largest absolute Gasteiger partial charge is 0.497 e. The van der Waals surface area contributed by atoms with E-state index in [1.807, 2.05) is 0 Å². The van der Waals surface area contributed by atoms with Crippen molar-refractivity contribution in [2.75, 3.05) is 29.7 Å². The quantitative estimate of drug-likeness (QED) is 0.712. The van der Waals surface area contributed by atoms with Crippen LogP contribution in [0.1, 0.15) is 0 Å². The molecule has 0 bridgehead atoms. The van der Waals surface area contributed by atoms with Gasteiger partial charge in [0, 0.05) is 24.5 Å². The van der Waals surface area contributed by atoms with Crippen LogP contribution in [0.4, 0.5) is 32.2 Å². The van der Waals surface area contributed by atoms with Crippen LogP contribution in [0, 0.1) is 5.82 Å². The number of halogens is 1. The van der Waals surface area contributed by atoms with E-state index >= 15 is 0 Å². The van der Waals surface area contributed by atoms with Gasteiger partial charge in [-0.3, -0.25) is 4.90 Å². The van der Waals surface area contributed by atoms with E-state index in [0.29, 0.717) is 28.8 Å². The predicted molar refractivity (Wildman–Crippen MR) is 102 cm³/mol. The molecule has 2 N–H and O–H groups in total. The van der Waals surface area contributed by atoms with Crippen molar-refractivity contribution in [3.8, 4) is 5.75 Å². The van der Waals surface area contributed by atoms with E-state index in [4.69, 9.17) is 4.74 Å². The van der Waals surface area contributed by atoms with Gasteiger partial charge in [-0.2, -0.15) is 0 Å². The number of amides is 2. The first-order valence-corrected chi connectivity index (χ1v) is 8.08. The number of urea groups is 1. The van der Waals surface area contributed by atoms with Gasteiger partial charge in [0.1, 0.15) is 29.5 Å². The van der Waals surface area contributed by atoms with Crippen LogP contribution in [0.3, 0.4) is 0 Å². The molecule has 7 nitrogen and oxygen atoms in total. The first-order chi connectivity index (χ1) is 13.0. The van der Waals surface area contributed by atoms with Crippen LogP contribution >= 0.6 is 0 Å². The fourth-order valence-corrected chi connectivity index (χ4v) is 2.27. The fourth-order valence-electron chi connectivity index (χ4n) is 2.27. The molecule has 27 heavy (non-hydrogen) atoms. The Hall–Kier alpha value is -3.68. The maximum absolute atomic E-state index is 13.0. The SMILES string of the molecule is COc1ccc(NC(=O)N(C)c2cc(Nc3ccc(F)cc3)ncn2)cc1. The number of methoxy groups -OCH3 is 1. The second-order valence-electron chi connectivity index (χ2n) is 5.61. The topological polar surface area (TPSA) is 79.4 Å². The summed E-state index contributed by atoms with van der Waals surface area (Å²) in [7, 11) is 3.18. The molecule has 0 fully saturated rings. The Morgan fingerprint density at radius 1 is 1.04 bits per heavy atom. The molecule has 0 unspecified atom stereocenters. The number of carbonyl (C=O) groups is 1. The molecule has 0 saturated heterocycles. The first-order valence-electron chi connectivity index (χ1n) is 8.08. The molecule has 1 heterocycles. The van der Waals surface area contributed by atoms with Gasteiger partial charge in [-0.25, -0.2) is 19.2 Å². The number of rotatable bonds is 5. The van der Waals surface area contributed by atoms with Crippen molar-refractivity contribution in [2.45, 2.75) is 0 Å². The van der Waals surface area contributed by atoms with Gasteiger partial charge in [0.2, 0.25) is 0 Å². The zero-order valence-corrected chi connectivity index (χ0v) is 14.8. The first kappa shape index (κ1) is 18.1. The molecule has 0 aliphatic rings. The Morgan fingerprint density at radius 2 is 1.70 bits per heavy atom. The van der Waals surface area contributed by atoms with Crippen molar-refractivity contribution in [1.82, 2.24) is 9.97 Å². The smallest absolute Gasteiger partial charge is 0.327 e. The summed E-state index contributed by atoms with van der Waals surface area (Å²) in [6.45, 7) is 0. The van der Waals surface area contributed by atoms with Crippen LogP contribution in [-0.4, -0.2) is 30.2 Å². The lowest BCUT2D eigenvalue weighted by Gasteiger charge is -2.17. The van der Waals surface area contributed by atoms with E-state index in [1.165, 1.54) is 23.4 Å². The summed E-state index contributed by atoms with van der Waals surface area (Å²) in [6.07, 6.45) is 1.35. The summed E-state index contributed by atoms with van der Waals surface area (Å²) in [5.41, 5.74) is 1.30. The second kappa shape index (κ2) is 8.13. The van der Waals surface area contributed by atoms with Crippen molar-refractivity contribution < 1.29 is 13.9 Å². The standard InChI is InChI=1S/C19H18FN5O2/c1-25(19(26)24-15-7-9-16(27-2)10-8-15)18-11-17(21-12-22-18)23-14-5-3-13(20)4-6-14/h3-12H,1-2H3,(H,24,26)(H,21,22,23). The third-order valence-corrected chi connectivity index (χ3v) is 3.76. The van der Waals surface area contributed by atoms with Gasteiger partial charge in [0.15, 0.2) is 0 Å². The number of nitrogens with zero attached hydrogens (tertiary/aromatic N) is 3. The van der Waals surface area contributed by atoms with Crippen molar-refractivity contribution in [1.29, 1.82) is 0 Å². The summed E-state index contributed by atoms with van der Waals surface area (Å²) in [5, 5.41) is 5.81. The summed E-state index contributed by atoms with van der Waals surface area (Å²) < 4.78 is 18.1. The molecule has 3 rings (SSSR count). The van der Waals surface area contributed by atoms with E-state index in [9.17, 15) is 9.18 Å². The fraction of sp³-hybridized carbons (Fsp3) is 0.105. The molecular weight excluding hydrogens is 349 g/mol. The van der Waals surface area contributed by atoms with Crippen molar-refractivity contribution in [2.24, 2.45) is 0 Å². The summed E-state index contributed by atoms with van der Waals surface area (Å²) in [6, 6.07) is 14.1. The molecule has 1 aromatic heterocycles. The van der Waals surface area contributed by atoms with Gasteiger partial charge < -0.3 is 15.4 Å². The molecule has 0 atom stereocenters. The average Bonchev–Trinajstić information content (AvgIpc) is 2.70. The molecule has 8 heteroatoms. The Kier molecular flexibility index (Phi) is 5.46. The third kappa shape index (κ3) is 4.69. The number of hydrogen-bond donors (Lipinski definition) is 2. The number of anilines is 4. The van der Waals surface area contributed by atoms with Crippen molar-refractivity contribution >= 4 is 29.0 Å². The molecule has 2 aromatic carbocycles. The van der Waals surface area contributed by atoms with Crippen LogP contribution in [-0.2, 0) is 0 Å². The minimum atomic E-state index is -0.355. The number of ether oxygens (including phenoxy) is 1. The predicted octanol–water partition coefficient (Wildman–Crippen LogP) is 4.04. The zero-order valence-electron chi connectivity index (χ0n) is 14.8. The van der Waals surface area contributed by atoms with Crippen molar-refractivity contribution in [3.05, 3.63) is 66.7 Å². The molecule has 2 amide bonds. The van der Waals surface area contributed by atoms with E-state index in [0.717, 1.165) is 0 Å². The molecule has 3 aromatic rings. The number of nitrogens with one attached hydrogen (secondary N) is 2. The monoisotopic (exact) mass is 367 g/mol. The summed E-state index contributed by atoms with van der Waals surface area (Å²) in [5.74, 6) is 1.27. The van der Waals surface area contributed by atoms with E-state index < -0.39 is 0 Å². The Morgan fingerprint density at radius 3 is 2.37 bits per heavy atom. The number of aromatic nitrogens is 2. The highest BCUT2D eigenvalue weighted by molar-refractivity contribution is 6.00. The van der Waals surface area contributed by atoms with E-state index in [1.54, 1.807) is 56.6 Å². The highest BCUT2D eigenvalue weighted by Gasteiger charge is 2.13. The maximum atomic E-state index is 13.0. The van der Waals surface area contributed by atoms with Crippen molar-refractivity contribution in [3.63, 3.8) is 0 Å². The zero-order chi connectivity index (χ0) is 19.2. The molecule has 0 aliphatic carbocycles. The van der Waals surface area contributed by atoms with Gasteiger partial charge in [-0.05, 0) is 48.5 Å². The summed E-state index contributed by atoms with van der Waals surface area (Å²) >= 11 is 0. The van der Waals surface area contributed by atoms with E-state index in [-0.39, 0.29) is 11.8 Å². The van der Waals surface area contributed by atoms with Gasteiger partial charge in [0.05, 0.1) is 7.11 Å². The highest BCUT2D eigenvalue weighted by Crippen LogP contribution is 2.20. The number of carbonyl (C=O) groups excluding carboxylic acids is 1. The Labute approximate surface area is 155 Å². The second-order valence-corrected chi connectivity index (χ2v) is 5.61. The minimum Gasteiger partial charge on any atom is -0.497 e.